The first-order chi connectivity index (χ1) is 12.5. The van der Waals surface area contributed by atoms with Crippen molar-refractivity contribution < 1.29 is 9.59 Å². The van der Waals surface area contributed by atoms with E-state index in [9.17, 15) is 9.59 Å². The van der Waals surface area contributed by atoms with Crippen LogP contribution in [0.25, 0.3) is 0 Å². The summed E-state index contributed by atoms with van der Waals surface area (Å²) in [6.45, 7) is 2.18. The van der Waals surface area contributed by atoms with E-state index in [1.165, 1.54) is 0 Å². The molecule has 132 valence electrons. The summed E-state index contributed by atoms with van der Waals surface area (Å²) in [5.41, 5.74) is 8.27. The summed E-state index contributed by atoms with van der Waals surface area (Å²) in [4.78, 5) is 29.4. The van der Waals surface area contributed by atoms with Crippen molar-refractivity contribution in [1.29, 1.82) is 0 Å². The highest BCUT2D eigenvalue weighted by atomic mass is 32.1. The molecule has 2 aromatic carbocycles. The molecular formula is C19H18N4O2S. The summed E-state index contributed by atoms with van der Waals surface area (Å²) >= 11 is 1.15. The molecule has 0 spiro atoms. The number of carbonyl (C=O) groups excluding carboxylic acids is 2. The summed E-state index contributed by atoms with van der Waals surface area (Å²) in [5, 5.41) is 5.96. The first-order valence-corrected chi connectivity index (χ1v) is 8.81. The normalized spacial score (nSPS) is 10.3. The summed E-state index contributed by atoms with van der Waals surface area (Å²) in [5.74, 6) is -0.508. The topological polar surface area (TPSA) is 97.1 Å². The molecule has 0 radical (unpaired) electrons. The van der Waals surface area contributed by atoms with Gasteiger partial charge in [0.1, 0.15) is 4.88 Å². The maximum absolute atomic E-state index is 12.4. The fourth-order valence-electron chi connectivity index (χ4n) is 2.32. The Morgan fingerprint density at radius 1 is 1.04 bits per heavy atom. The number of nitrogen functional groups attached to an aromatic ring is 1. The molecule has 0 unspecified atom stereocenters. The standard InChI is InChI=1S/C19H18N4O2S/c1-12-16(18(25)21-11-13-5-3-2-4-6-13)26-19(22-12)23-17(24)14-7-9-15(20)10-8-14/h2-10H,11,20H2,1H3,(H,21,25)(H,22,23,24). The van der Waals surface area contributed by atoms with Crippen LogP contribution >= 0.6 is 11.3 Å². The monoisotopic (exact) mass is 366 g/mol. The number of rotatable bonds is 5. The molecule has 0 aliphatic carbocycles. The SMILES string of the molecule is Cc1nc(NC(=O)c2ccc(N)cc2)sc1C(=O)NCc1ccccc1. The molecule has 3 aromatic rings. The number of aromatic nitrogens is 1. The Bertz CT molecular complexity index is 920. The maximum atomic E-state index is 12.4. The predicted molar refractivity (Wildman–Crippen MR) is 103 cm³/mol. The molecule has 26 heavy (non-hydrogen) atoms. The zero-order valence-corrected chi connectivity index (χ0v) is 15.0. The van der Waals surface area contributed by atoms with Crippen molar-refractivity contribution in [3.63, 3.8) is 0 Å². The smallest absolute Gasteiger partial charge is 0.263 e. The second-order valence-corrected chi connectivity index (χ2v) is 6.68. The molecule has 0 bridgehead atoms. The highest BCUT2D eigenvalue weighted by molar-refractivity contribution is 7.17. The Kier molecular flexibility index (Phi) is 5.28. The van der Waals surface area contributed by atoms with Crippen molar-refractivity contribution >= 4 is 34.0 Å². The van der Waals surface area contributed by atoms with E-state index >= 15 is 0 Å². The van der Waals surface area contributed by atoms with Gasteiger partial charge < -0.3 is 11.1 Å². The summed E-state index contributed by atoms with van der Waals surface area (Å²) in [6, 6.07) is 16.2. The van der Waals surface area contributed by atoms with E-state index in [0.717, 1.165) is 16.9 Å². The number of nitrogens with one attached hydrogen (secondary N) is 2. The Morgan fingerprint density at radius 2 is 1.73 bits per heavy atom. The Morgan fingerprint density at radius 3 is 2.42 bits per heavy atom. The van der Waals surface area contributed by atoms with Crippen molar-refractivity contribution in [2.45, 2.75) is 13.5 Å². The van der Waals surface area contributed by atoms with Crippen molar-refractivity contribution in [2.24, 2.45) is 0 Å². The van der Waals surface area contributed by atoms with Gasteiger partial charge in [-0.3, -0.25) is 14.9 Å². The molecular weight excluding hydrogens is 348 g/mol. The van der Waals surface area contributed by atoms with Crippen molar-refractivity contribution in [3.05, 3.63) is 76.3 Å². The largest absolute Gasteiger partial charge is 0.399 e. The molecule has 1 heterocycles. The van der Waals surface area contributed by atoms with Crippen molar-refractivity contribution in [3.8, 4) is 0 Å². The van der Waals surface area contributed by atoms with Crippen molar-refractivity contribution in [1.82, 2.24) is 10.3 Å². The lowest BCUT2D eigenvalue weighted by molar-refractivity contribution is 0.0953. The quantitative estimate of drug-likeness (QED) is 0.604. The average molecular weight is 366 g/mol. The van der Waals surface area contributed by atoms with E-state index in [0.29, 0.717) is 33.5 Å². The van der Waals surface area contributed by atoms with E-state index < -0.39 is 0 Å². The zero-order chi connectivity index (χ0) is 18.5. The second kappa shape index (κ2) is 7.79. The Balaban J connectivity index is 1.65. The molecule has 2 amide bonds. The van der Waals surface area contributed by atoms with Gasteiger partial charge in [-0.05, 0) is 36.8 Å². The van der Waals surface area contributed by atoms with E-state index in [-0.39, 0.29) is 11.8 Å². The van der Waals surface area contributed by atoms with Gasteiger partial charge in [-0.25, -0.2) is 4.98 Å². The summed E-state index contributed by atoms with van der Waals surface area (Å²) in [6.07, 6.45) is 0. The van der Waals surface area contributed by atoms with Gasteiger partial charge >= 0.3 is 0 Å². The third kappa shape index (κ3) is 4.25. The molecule has 4 N–H and O–H groups in total. The lowest BCUT2D eigenvalue weighted by Gasteiger charge is -2.04. The number of nitrogens with zero attached hydrogens (tertiary/aromatic N) is 1. The number of benzene rings is 2. The Hall–Kier alpha value is -3.19. The zero-order valence-electron chi connectivity index (χ0n) is 14.2. The van der Waals surface area contributed by atoms with Crippen LogP contribution in [0.4, 0.5) is 10.8 Å². The van der Waals surface area contributed by atoms with Crippen LogP contribution < -0.4 is 16.4 Å². The minimum absolute atomic E-state index is 0.211. The number of nitrogens with two attached hydrogens (primary N) is 1. The molecule has 0 fully saturated rings. The molecule has 1 aromatic heterocycles. The van der Waals surface area contributed by atoms with E-state index in [1.54, 1.807) is 31.2 Å². The van der Waals surface area contributed by atoms with Gasteiger partial charge in [0, 0.05) is 17.8 Å². The molecule has 0 saturated heterocycles. The number of hydrogen-bond donors (Lipinski definition) is 3. The molecule has 0 aliphatic heterocycles. The summed E-state index contributed by atoms with van der Waals surface area (Å²) in [7, 11) is 0. The van der Waals surface area contributed by atoms with E-state index in [4.69, 9.17) is 5.73 Å². The first-order valence-electron chi connectivity index (χ1n) is 7.99. The number of hydrogen-bond acceptors (Lipinski definition) is 5. The lowest BCUT2D eigenvalue weighted by atomic mass is 10.2. The predicted octanol–water partition coefficient (Wildman–Crippen LogP) is 3.22. The van der Waals surface area contributed by atoms with Crippen LogP contribution in [-0.2, 0) is 6.54 Å². The van der Waals surface area contributed by atoms with Crippen LogP contribution in [0.1, 0.15) is 31.3 Å². The van der Waals surface area contributed by atoms with Crippen LogP contribution in [0.3, 0.4) is 0 Å². The maximum Gasteiger partial charge on any atom is 0.263 e. The second-order valence-electron chi connectivity index (χ2n) is 5.68. The van der Waals surface area contributed by atoms with Crippen LogP contribution in [0.5, 0.6) is 0 Å². The van der Waals surface area contributed by atoms with Crippen LogP contribution in [-0.4, -0.2) is 16.8 Å². The van der Waals surface area contributed by atoms with Gasteiger partial charge in [-0.1, -0.05) is 41.7 Å². The minimum atomic E-state index is -0.296. The van der Waals surface area contributed by atoms with Gasteiger partial charge in [-0.2, -0.15) is 0 Å². The highest BCUT2D eigenvalue weighted by Gasteiger charge is 2.17. The number of aryl methyl sites for hydroxylation is 1. The molecule has 0 saturated carbocycles. The third-order valence-corrected chi connectivity index (χ3v) is 4.76. The number of thiazole rings is 1. The minimum Gasteiger partial charge on any atom is -0.399 e. The number of anilines is 2. The third-order valence-electron chi connectivity index (χ3n) is 3.69. The molecule has 0 aliphatic rings. The molecule has 3 rings (SSSR count). The molecule has 0 atom stereocenters. The van der Waals surface area contributed by atoms with Gasteiger partial charge in [0.15, 0.2) is 5.13 Å². The van der Waals surface area contributed by atoms with Crippen LogP contribution in [0.15, 0.2) is 54.6 Å². The summed E-state index contributed by atoms with van der Waals surface area (Å²) < 4.78 is 0. The van der Waals surface area contributed by atoms with Gasteiger partial charge in [-0.15, -0.1) is 0 Å². The fraction of sp³-hybridized carbons (Fsp3) is 0.105. The van der Waals surface area contributed by atoms with Crippen molar-refractivity contribution in [2.75, 3.05) is 11.1 Å². The van der Waals surface area contributed by atoms with E-state index in [2.05, 4.69) is 15.6 Å². The average Bonchev–Trinajstić information content (AvgIpc) is 3.01. The molecule has 7 heteroatoms. The van der Waals surface area contributed by atoms with Gasteiger partial charge in [0.05, 0.1) is 5.69 Å². The Labute approximate surface area is 155 Å². The van der Waals surface area contributed by atoms with Crippen LogP contribution in [0.2, 0.25) is 0 Å². The fourth-order valence-corrected chi connectivity index (χ4v) is 3.20. The first kappa shape index (κ1) is 17.6. The van der Waals surface area contributed by atoms with Gasteiger partial charge in [0.25, 0.3) is 11.8 Å². The van der Waals surface area contributed by atoms with Crippen LogP contribution in [0, 0.1) is 6.92 Å². The number of carbonyl (C=O) groups is 2. The van der Waals surface area contributed by atoms with E-state index in [1.807, 2.05) is 30.3 Å². The van der Waals surface area contributed by atoms with Gasteiger partial charge in [0.2, 0.25) is 0 Å². The number of amides is 2. The molecule has 6 nitrogen and oxygen atoms in total. The highest BCUT2D eigenvalue weighted by Crippen LogP contribution is 2.23. The lowest BCUT2D eigenvalue weighted by Crippen LogP contribution is -2.22.